The lowest BCUT2D eigenvalue weighted by Crippen LogP contribution is -2.28. The van der Waals surface area contributed by atoms with E-state index in [4.69, 9.17) is 0 Å². The maximum absolute atomic E-state index is 11.2. The molecule has 0 aromatic rings. The van der Waals surface area contributed by atoms with Crippen LogP contribution in [0.3, 0.4) is 0 Å². The molecule has 0 aromatic carbocycles. The Morgan fingerprint density at radius 1 is 1.23 bits per heavy atom. The van der Waals surface area contributed by atoms with Crippen LogP contribution in [0.2, 0.25) is 0 Å². The summed E-state index contributed by atoms with van der Waals surface area (Å²) < 4.78 is 0. The summed E-state index contributed by atoms with van der Waals surface area (Å²) in [6, 6.07) is 0. The SMILES string of the molecule is CC1(C2CCC(=O)C2)CCCCC1. The highest BCUT2D eigenvalue weighted by atomic mass is 16.1. The number of hydrogen-bond donors (Lipinski definition) is 0. The second-order valence-electron chi connectivity index (χ2n) is 5.19. The van der Waals surface area contributed by atoms with Gasteiger partial charge in [0.05, 0.1) is 0 Å². The van der Waals surface area contributed by atoms with Gasteiger partial charge in [-0.3, -0.25) is 4.79 Å². The summed E-state index contributed by atoms with van der Waals surface area (Å²) in [7, 11) is 0. The summed E-state index contributed by atoms with van der Waals surface area (Å²) in [5, 5.41) is 0. The van der Waals surface area contributed by atoms with Crippen molar-refractivity contribution in [2.75, 3.05) is 0 Å². The zero-order valence-corrected chi connectivity index (χ0v) is 8.64. The zero-order chi connectivity index (χ0) is 9.31. The fourth-order valence-electron chi connectivity index (χ4n) is 3.18. The largest absolute Gasteiger partial charge is 0.300 e. The van der Waals surface area contributed by atoms with Crippen LogP contribution >= 0.6 is 0 Å². The minimum absolute atomic E-state index is 0.511. The van der Waals surface area contributed by atoms with E-state index in [0.717, 1.165) is 18.8 Å². The summed E-state index contributed by atoms with van der Waals surface area (Å²) in [5.74, 6) is 1.23. The molecule has 0 N–H and O–H groups in total. The van der Waals surface area contributed by atoms with Crippen molar-refractivity contribution >= 4 is 5.78 Å². The van der Waals surface area contributed by atoms with Crippen LogP contribution in [0.25, 0.3) is 0 Å². The summed E-state index contributed by atoms with van der Waals surface area (Å²) in [6.07, 6.45) is 9.85. The minimum atomic E-state index is 0.511. The van der Waals surface area contributed by atoms with Crippen molar-refractivity contribution < 1.29 is 4.79 Å². The van der Waals surface area contributed by atoms with Gasteiger partial charge in [-0.15, -0.1) is 0 Å². The molecule has 0 aromatic heterocycles. The first-order valence-electron chi connectivity index (χ1n) is 5.72. The Kier molecular flexibility index (Phi) is 2.44. The standard InChI is InChI=1S/C12H20O/c1-12(7-3-2-4-8-12)10-5-6-11(13)9-10/h10H,2-9H2,1H3. The Balaban J connectivity index is 2.01. The molecule has 0 radical (unpaired) electrons. The molecular weight excluding hydrogens is 160 g/mol. The summed E-state index contributed by atoms with van der Waals surface area (Å²) in [4.78, 5) is 11.2. The van der Waals surface area contributed by atoms with Gasteiger partial charge in [-0.05, 0) is 30.6 Å². The Morgan fingerprint density at radius 3 is 2.46 bits per heavy atom. The van der Waals surface area contributed by atoms with Crippen molar-refractivity contribution in [3.8, 4) is 0 Å². The Hall–Kier alpha value is -0.330. The molecule has 1 heteroatoms. The summed E-state index contributed by atoms with van der Waals surface area (Å²) in [6.45, 7) is 2.41. The van der Waals surface area contributed by atoms with Gasteiger partial charge in [-0.25, -0.2) is 0 Å². The van der Waals surface area contributed by atoms with E-state index in [1.54, 1.807) is 0 Å². The molecule has 2 rings (SSSR count). The Labute approximate surface area is 80.9 Å². The van der Waals surface area contributed by atoms with E-state index >= 15 is 0 Å². The number of ketones is 1. The first-order chi connectivity index (χ1) is 6.21. The molecule has 0 bridgehead atoms. The normalized spacial score (nSPS) is 33.6. The number of carbonyl (C=O) groups excluding carboxylic acids is 1. The van der Waals surface area contributed by atoms with Crippen LogP contribution in [0.4, 0.5) is 0 Å². The van der Waals surface area contributed by atoms with Crippen molar-refractivity contribution in [1.29, 1.82) is 0 Å². The van der Waals surface area contributed by atoms with Crippen LogP contribution in [0.1, 0.15) is 58.3 Å². The maximum Gasteiger partial charge on any atom is 0.133 e. The number of rotatable bonds is 1. The molecule has 0 aliphatic heterocycles. The van der Waals surface area contributed by atoms with Crippen LogP contribution in [0.15, 0.2) is 0 Å². The molecule has 2 aliphatic carbocycles. The van der Waals surface area contributed by atoms with Crippen LogP contribution in [0.5, 0.6) is 0 Å². The highest BCUT2D eigenvalue weighted by Gasteiger charge is 2.39. The lowest BCUT2D eigenvalue weighted by atomic mass is 9.66. The van der Waals surface area contributed by atoms with E-state index in [1.165, 1.54) is 38.5 Å². The first kappa shape index (κ1) is 9.23. The smallest absolute Gasteiger partial charge is 0.133 e. The van der Waals surface area contributed by atoms with E-state index in [2.05, 4.69) is 6.92 Å². The maximum atomic E-state index is 11.2. The summed E-state index contributed by atoms with van der Waals surface area (Å²) in [5.41, 5.74) is 0.518. The molecule has 74 valence electrons. The number of carbonyl (C=O) groups is 1. The van der Waals surface area contributed by atoms with Crippen molar-refractivity contribution in [3.63, 3.8) is 0 Å². The Morgan fingerprint density at radius 2 is 1.92 bits per heavy atom. The molecule has 2 fully saturated rings. The van der Waals surface area contributed by atoms with Crippen molar-refractivity contribution in [2.45, 2.75) is 58.3 Å². The summed E-state index contributed by atoms with van der Waals surface area (Å²) >= 11 is 0. The lowest BCUT2D eigenvalue weighted by molar-refractivity contribution is -0.118. The molecule has 1 nitrogen and oxygen atoms in total. The third-order valence-electron chi connectivity index (χ3n) is 4.23. The highest BCUT2D eigenvalue weighted by molar-refractivity contribution is 5.80. The fraction of sp³-hybridized carbons (Fsp3) is 0.917. The second-order valence-corrected chi connectivity index (χ2v) is 5.19. The van der Waals surface area contributed by atoms with Crippen molar-refractivity contribution in [1.82, 2.24) is 0 Å². The number of hydrogen-bond acceptors (Lipinski definition) is 1. The van der Waals surface area contributed by atoms with Gasteiger partial charge in [0.2, 0.25) is 0 Å². The molecule has 1 unspecified atom stereocenters. The monoisotopic (exact) mass is 180 g/mol. The topological polar surface area (TPSA) is 17.1 Å². The van der Waals surface area contributed by atoms with Gasteiger partial charge in [-0.1, -0.05) is 26.2 Å². The van der Waals surface area contributed by atoms with E-state index in [9.17, 15) is 4.79 Å². The van der Waals surface area contributed by atoms with Gasteiger partial charge in [0, 0.05) is 12.8 Å². The van der Waals surface area contributed by atoms with Gasteiger partial charge in [0.15, 0.2) is 0 Å². The zero-order valence-electron chi connectivity index (χ0n) is 8.64. The predicted octanol–water partition coefficient (Wildman–Crippen LogP) is 3.33. The molecular formula is C12H20O. The van der Waals surface area contributed by atoms with Crippen LogP contribution < -0.4 is 0 Å². The fourth-order valence-corrected chi connectivity index (χ4v) is 3.18. The third-order valence-corrected chi connectivity index (χ3v) is 4.23. The molecule has 1 atom stereocenters. The molecule has 0 amide bonds. The molecule has 0 heterocycles. The quantitative estimate of drug-likeness (QED) is 0.605. The second kappa shape index (κ2) is 3.43. The van der Waals surface area contributed by atoms with Gasteiger partial charge < -0.3 is 0 Å². The van der Waals surface area contributed by atoms with Gasteiger partial charge in [0.1, 0.15) is 5.78 Å². The molecule has 2 aliphatic rings. The first-order valence-corrected chi connectivity index (χ1v) is 5.72. The van der Waals surface area contributed by atoms with E-state index in [0.29, 0.717) is 11.2 Å². The van der Waals surface area contributed by atoms with E-state index in [1.807, 2.05) is 0 Å². The average Bonchev–Trinajstić information content (AvgIpc) is 2.54. The van der Waals surface area contributed by atoms with Crippen LogP contribution in [-0.2, 0) is 4.79 Å². The molecule has 0 saturated heterocycles. The molecule has 13 heavy (non-hydrogen) atoms. The molecule has 0 spiro atoms. The minimum Gasteiger partial charge on any atom is -0.300 e. The van der Waals surface area contributed by atoms with Gasteiger partial charge in [-0.2, -0.15) is 0 Å². The van der Waals surface area contributed by atoms with Crippen LogP contribution in [0, 0.1) is 11.3 Å². The van der Waals surface area contributed by atoms with Gasteiger partial charge >= 0.3 is 0 Å². The predicted molar refractivity (Wildman–Crippen MR) is 53.5 cm³/mol. The van der Waals surface area contributed by atoms with Crippen molar-refractivity contribution in [3.05, 3.63) is 0 Å². The third kappa shape index (κ3) is 1.79. The molecule has 2 saturated carbocycles. The van der Waals surface area contributed by atoms with E-state index < -0.39 is 0 Å². The van der Waals surface area contributed by atoms with Gasteiger partial charge in [0.25, 0.3) is 0 Å². The van der Waals surface area contributed by atoms with E-state index in [-0.39, 0.29) is 0 Å². The van der Waals surface area contributed by atoms with Crippen molar-refractivity contribution in [2.24, 2.45) is 11.3 Å². The van der Waals surface area contributed by atoms with Crippen LogP contribution in [-0.4, -0.2) is 5.78 Å². The highest BCUT2D eigenvalue weighted by Crippen LogP contribution is 2.47. The Bertz CT molecular complexity index is 201. The number of Topliss-reactive ketones (excluding diaryl/α,β-unsaturated/α-hetero) is 1. The average molecular weight is 180 g/mol. The lowest BCUT2D eigenvalue weighted by Gasteiger charge is -2.38.